The summed E-state index contributed by atoms with van der Waals surface area (Å²) in [5, 5.41) is 3.31. The highest BCUT2D eigenvalue weighted by atomic mass is 17.0. The highest BCUT2D eigenvalue weighted by molar-refractivity contribution is 5.48. The van der Waals surface area contributed by atoms with Gasteiger partial charge in [-0.05, 0) is 67.5 Å². The monoisotopic (exact) mass is 755 g/mol. The van der Waals surface area contributed by atoms with E-state index in [4.69, 9.17) is 24.1 Å². The first-order valence-electron chi connectivity index (χ1n) is 22.6. The van der Waals surface area contributed by atoms with E-state index < -0.39 is 0 Å². The van der Waals surface area contributed by atoms with Crippen LogP contribution >= 0.6 is 0 Å². The summed E-state index contributed by atoms with van der Waals surface area (Å²) in [6.07, 6.45) is 28.5. The smallest absolute Gasteiger partial charge is 0.108 e. The maximum absolute atomic E-state index is 6.66. The molecule has 2 rings (SSSR count). The molecule has 2 aromatic rings. The van der Waals surface area contributed by atoms with Crippen LogP contribution in [0, 0.1) is 0 Å². The lowest BCUT2D eigenvalue weighted by Crippen LogP contribution is -2.25. The fourth-order valence-electron chi connectivity index (χ4n) is 6.44. The first-order chi connectivity index (χ1) is 26.7. The number of nitrogens with zero attached hydrogens (tertiary/aromatic N) is 2. The van der Waals surface area contributed by atoms with Gasteiger partial charge in [-0.25, -0.2) is 19.4 Å². The van der Waals surface area contributed by atoms with Crippen molar-refractivity contribution in [1.29, 1.82) is 0 Å². The van der Waals surface area contributed by atoms with Crippen molar-refractivity contribution in [1.82, 2.24) is 0 Å². The maximum Gasteiger partial charge on any atom is 0.108 e. The van der Waals surface area contributed by atoms with Gasteiger partial charge in [0.25, 0.3) is 0 Å². The van der Waals surface area contributed by atoms with Crippen molar-refractivity contribution in [2.45, 2.75) is 195 Å². The SMILES string of the molecule is CCCCCCCON(OCCCCCCC)c1ccc(C(OCCCCCC)c2ccc(N(OCCCCCCC)OCCCCCCC)cc2)cc1. The summed E-state index contributed by atoms with van der Waals surface area (Å²) in [6, 6.07) is 17.1. The van der Waals surface area contributed by atoms with E-state index in [1.807, 2.05) is 0 Å². The predicted octanol–water partition coefficient (Wildman–Crippen LogP) is 14.6. The zero-order valence-electron chi connectivity index (χ0n) is 35.6. The quantitative estimate of drug-likeness (QED) is 0.0500. The molecule has 0 N–H and O–H groups in total. The molecule has 0 heterocycles. The summed E-state index contributed by atoms with van der Waals surface area (Å²) < 4.78 is 6.66. The fraction of sp³-hybridized carbons (Fsp3) is 0.745. The molecule has 54 heavy (non-hydrogen) atoms. The number of benzene rings is 2. The third kappa shape index (κ3) is 22.4. The lowest BCUT2D eigenvalue weighted by Gasteiger charge is -2.25. The lowest BCUT2D eigenvalue weighted by atomic mass is 10.0. The Labute approximate surface area is 332 Å². The third-order valence-electron chi connectivity index (χ3n) is 9.92. The second-order valence-corrected chi connectivity index (χ2v) is 15.0. The molecule has 0 aliphatic heterocycles. The van der Waals surface area contributed by atoms with Gasteiger partial charge in [-0.3, -0.25) is 0 Å². The predicted molar refractivity (Wildman–Crippen MR) is 229 cm³/mol. The molecule has 0 aromatic heterocycles. The van der Waals surface area contributed by atoms with Crippen LogP contribution in [-0.4, -0.2) is 33.0 Å². The van der Waals surface area contributed by atoms with E-state index in [-0.39, 0.29) is 6.10 Å². The van der Waals surface area contributed by atoms with E-state index in [0.717, 1.165) is 61.2 Å². The molecule has 2 aromatic carbocycles. The van der Waals surface area contributed by atoms with Crippen LogP contribution in [0.2, 0.25) is 0 Å². The van der Waals surface area contributed by atoms with Crippen molar-refractivity contribution >= 4 is 11.4 Å². The lowest BCUT2D eigenvalue weighted by molar-refractivity contribution is -0.0916. The van der Waals surface area contributed by atoms with Gasteiger partial charge in [0, 0.05) is 6.61 Å². The zero-order chi connectivity index (χ0) is 38.7. The van der Waals surface area contributed by atoms with E-state index in [0.29, 0.717) is 26.4 Å². The Bertz CT molecular complexity index is 971. The summed E-state index contributed by atoms with van der Waals surface area (Å²) in [5.74, 6) is 0. The van der Waals surface area contributed by atoms with E-state index in [9.17, 15) is 0 Å². The fourth-order valence-corrected chi connectivity index (χ4v) is 6.44. The Kier molecular flexibility index (Phi) is 30.3. The third-order valence-corrected chi connectivity index (χ3v) is 9.92. The minimum Gasteiger partial charge on any atom is -0.369 e. The van der Waals surface area contributed by atoms with E-state index in [1.54, 1.807) is 10.5 Å². The summed E-state index contributed by atoms with van der Waals surface area (Å²) in [5.41, 5.74) is 4.05. The summed E-state index contributed by atoms with van der Waals surface area (Å²) in [4.78, 5) is 24.9. The number of hydrogen-bond donors (Lipinski definition) is 0. The van der Waals surface area contributed by atoms with E-state index in [2.05, 4.69) is 83.1 Å². The van der Waals surface area contributed by atoms with E-state index >= 15 is 0 Å². The van der Waals surface area contributed by atoms with Crippen molar-refractivity contribution < 1.29 is 24.1 Å². The molecule has 0 spiro atoms. The average molecular weight is 755 g/mol. The van der Waals surface area contributed by atoms with Gasteiger partial charge in [0.1, 0.15) is 6.10 Å². The zero-order valence-corrected chi connectivity index (χ0v) is 35.6. The Morgan fingerprint density at radius 3 is 0.889 bits per heavy atom. The number of unbranched alkanes of at least 4 members (excludes halogenated alkanes) is 19. The molecule has 7 heteroatoms. The van der Waals surface area contributed by atoms with Gasteiger partial charge < -0.3 is 4.74 Å². The molecule has 0 fully saturated rings. The first-order valence-corrected chi connectivity index (χ1v) is 22.6. The summed E-state index contributed by atoms with van der Waals surface area (Å²) in [7, 11) is 0. The van der Waals surface area contributed by atoms with Crippen molar-refractivity contribution in [3.05, 3.63) is 59.7 Å². The topological polar surface area (TPSA) is 52.6 Å². The van der Waals surface area contributed by atoms with Crippen LogP contribution in [0.5, 0.6) is 0 Å². The molecular weight excluding hydrogens is 673 g/mol. The summed E-state index contributed by atoms with van der Waals surface area (Å²) in [6.45, 7) is 14.6. The molecule has 310 valence electrons. The molecule has 0 radical (unpaired) electrons. The number of anilines is 2. The molecule has 0 bridgehead atoms. The van der Waals surface area contributed by atoms with Crippen LogP contribution in [0.1, 0.15) is 206 Å². The number of rotatable bonds is 38. The van der Waals surface area contributed by atoms with Crippen molar-refractivity contribution in [3.63, 3.8) is 0 Å². The molecule has 0 saturated heterocycles. The van der Waals surface area contributed by atoms with Gasteiger partial charge in [0.15, 0.2) is 0 Å². The number of hydrogen-bond acceptors (Lipinski definition) is 7. The Morgan fingerprint density at radius 1 is 0.333 bits per heavy atom. The largest absolute Gasteiger partial charge is 0.369 e. The van der Waals surface area contributed by atoms with Crippen LogP contribution in [-0.2, 0) is 24.1 Å². The maximum atomic E-state index is 6.66. The molecule has 0 atom stereocenters. The van der Waals surface area contributed by atoms with Gasteiger partial charge in [-0.1, -0.05) is 181 Å². The Hall–Kier alpha value is -2.16. The van der Waals surface area contributed by atoms with Crippen molar-refractivity contribution in [2.75, 3.05) is 43.5 Å². The van der Waals surface area contributed by atoms with Crippen molar-refractivity contribution in [3.8, 4) is 0 Å². The second kappa shape index (κ2) is 34.1. The van der Waals surface area contributed by atoms with Gasteiger partial charge in [0.2, 0.25) is 0 Å². The van der Waals surface area contributed by atoms with Crippen molar-refractivity contribution in [2.24, 2.45) is 0 Å². The van der Waals surface area contributed by atoms with E-state index in [1.165, 1.54) is 122 Å². The molecule has 7 nitrogen and oxygen atoms in total. The highest BCUT2D eigenvalue weighted by Crippen LogP contribution is 2.31. The molecule has 0 amide bonds. The number of ether oxygens (including phenoxy) is 1. The van der Waals surface area contributed by atoms with Gasteiger partial charge in [0.05, 0.1) is 37.8 Å². The molecule has 0 aliphatic rings. The first kappa shape index (κ1) is 48.0. The molecule has 0 unspecified atom stereocenters. The normalized spacial score (nSPS) is 11.5. The van der Waals surface area contributed by atoms with Crippen LogP contribution < -0.4 is 10.5 Å². The van der Waals surface area contributed by atoms with Crippen LogP contribution in [0.25, 0.3) is 0 Å². The van der Waals surface area contributed by atoms with Crippen LogP contribution in [0.15, 0.2) is 48.5 Å². The van der Waals surface area contributed by atoms with Gasteiger partial charge in [-0.2, -0.15) is 0 Å². The second-order valence-electron chi connectivity index (χ2n) is 15.0. The average Bonchev–Trinajstić information content (AvgIpc) is 3.20. The molecular formula is C47H82N2O5. The van der Waals surface area contributed by atoms with Crippen LogP contribution in [0.4, 0.5) is 11.4 Å². The standard InChI is InChI=1S/C47H82N2O5/c1-6-11-16-21-26-39-51-48(52-40-27-22-17-12-7-2)45-34-30-43(31-35-45)47(50-38-25-20-15-10-5)44-32-36-46(37-33-44)49(53-41-28-23-18-13-8-3)54-42-29-24-19-14-9-4/h30-37,47H,6-29,38-42H2,1-5H3. The minimum atomic E-state index is -0.186. The molecule has 0 aliphatic carbocycles. The minimum absolute atomic E-state index is 0.186. The van der Waals surface area contributed by atoms with Gasteiger partial charge in [-0.15, -0.1) is 10.5 Å². The highest BCUT2D eigenvalue weighted by Gasteiger charge is 2.18. The Balaban J connectivity index is 2.19. The van der Waals surface area contributed by atoms with Gasteiger partial charge >= 0.3 is 0 Å². The van der Waals surface area contributed by atoms with Crippen LogP contribution in [0.3, 0.4) is 0 Å². The Morgan fingerprint density at radius 2 is 0.593 bits per heavy atom. The molecule has 0 saturated carbocycles. The summed E-state index contributed by atoms with van der Waals surface area (Å²) >= 11 is 0.